The molecule has 0 saturated carbocycles. The second-order valence-electron chi connectivity index (χ2n) is 5.04. The average Bonchev–Trinajstić information content (AvgIpc) is 3.03. The molecule has 0 aliphatic rings. The molecule has 0 radical (unpaired) electrons. The van der Waals surface area contributed by atoms with Crippen LogP contribution in [0.2, 0.25) is 5.02 Å². The molecule has 4 nitrogen and oxygen atoms in total. The highest BCUT2D eigenvalue weighted by Crippen LogP contribution is 2.26. The molecule has 0 unspecified atom stereocenters. The van der Waals surface area contributed by atoms with Gasteiger partial charge in [0.2, 0.25) is 5.13 Å². The first-order valence-electron chi connectivity index (χ1n) is 7.06. The average molecular weight is 343 g/mol. The Kier molecular flexibility index (Phi) is 4.69. The number of hydrogen-bond acceptors (Lipinski definition) is 5. The van der Waals surface area contributed by atoms with Gasteiger partial charge >= 0.3 is 0 Å². The maximum Gasteiger partial charge on any atom is 0.203 e. The van der Waals surface area contributed by atoms with Crippen molar-refractivity contribution in [3.05, 3.63) is 64.3 Å². The number of thiazole rings is 1. The molecule has 0 fully saturated rings. The van der Waals surface area contributed by atoms with E-state index in [-0.39, 0.29) is 0 Å². The molecule has 6 heteroatoms. The number of pyridine rings is 1. The fraction of sp³-hybridized carbons (Fsp3) is 0.118. The summed E-state index contributed by atoms with van der Waals surface area (Å²) in [4.78, 5) is 8.81. The highest BCUT2D eigenvalue weighted by molar-refractivity contribution is 7.14. The van der Waals surface area contributed by atoms with Crippen molar-refractivity contribution < 1.29 is 0 Å². The molecule has 3 aromatic rings. The second kappa shape index (κ2) is 6.89. The monoisotopic (exact) mass is 342 g/mol. The molecule has 0 atom stereocenters. The van der Waals surface area contributed by atoms with Crippen LogP contribution in [0.4, 0.5) is 5.13 Å². The highest BCUT2D eigenvalue weighted by Gasteiger charge is 2.04. The van der Waals surface area contributed by atoms with Gasteiger partial charge in [0.1, 0.15) is 0 Å². The molecule has 0 aliphatic carbocycles. The maximum absolute atomic E-state index is 5.90. The summed E-state index contributed by atoms with van der Waals surface area (Å²) in [6.07, 6.45) is 1.82. The fourth-order valence-corrected chi connectivity index (χ4v) is 2.74. The lowest BCUT2D eigenvalue weighted by atomic mass is 10.2. The summed E-state index contributed by atoms with van der Waals surface area (Å²) < 4.78 is 0. The summed E-state index contributed by atoms with van der Waals surface area (Å²) >= 11 is 7.41. The van der Waals surface area contributed by atoms with Gasteiger partial charge in [-0.25, -0.2) is 4.98 Å². The lowest BCUT2D eigenvalue weighted by molar-refractivity contribution is 1.19. The van der Waals surface area contributed by atoms with Crippen LogP contribution < -0.4 is 5.43 Å². The van der Waals surface area contributed by atoms with Crippen LogP contribution in [0.3, 0.4) is 0 Å². The molecule has 1 N–H and O–H groups in total. The minimum atomic E-state index is 0.717. The van der Waals surface area contributed by atoms with Crippen LogP contribution in [-0.2, 0) is 0 Å². The summed E-state index contributed by atoms with van der Waals surface area (Å²) in [6, 6.07) is 11.6. The van der Waals surface area contributed by atoms with Crippen molar-refractivity contribution in [2.75, 3.05) is 5.43 Å². The van der Waals surface area contributed by atoms with Gasteiger partial charge in [-0.05, 0) is 38.1 Å². The molecule has 1 aromatic carbocycles. The third kappa shape index (κ3) is 3.94. The van der Waals surface area contributed by atoms with Gasteiger partial charge in [-0.15, -0.1) is 11.3 Å². The Morgan fingerprint density at radius 2 is 1.96 bits per heavy atom. The number of halogens is 1. The molecule has 3 rings (SSSR count). The minimum Gasteiger partial charge on any atom is -0.261 e. The Bertz CT molecular complexity index is 823. The zero-order chi connectivity index (χ0) is 16.2. The van der Waals surface area contributed by atoms with Crippen LogP contribution in [0, 0.1) is 6.92 Å². The number of benzene rings is 1. The number of nitrogens with zero attached hydrogens (tertiary/aromatic N) is 3. The Hall–Kier alpha value is -2.24. The molecule has 23 heavy (non-hydrogen) atoms. The molecule has 116 valence electrons. The maximum atomic E-state index is 5.90. The van der Waals surface area contributed by atoms with E-state index in [1.54, 1.807) is 0 Å². The van der Waals surface area contributed by atoms with E-state index in [4.69, 9.17) is 11.6 Å². The van der Waals surface area contributed by atoms with Crippen LogP contribution in [-0.4, -0.2) is 15.7 Å². The predicted octanol–water partition coefficient (Wildman–Crippen LogP) is 5.00. The van der Waals surface area contributed by atoms with Crippen LogP contribution in [0.5, 0.6) is 0 Å². The highest BCUT2D eigenvalue weighted by atomic mass is 35.5. The third-order valence-corrected chi connectivity index (χ3v) is 4.29. The molecule has 2 aromatic heterocycles. The van der Waals surface area contributed by atoms with E-state index in [0.717, 1.165) is 33.4 Å². The summed E-state index contributed by atoms with van der Waals surface area (Å²) in [7, 11) is 0. The Morgan fingerprint density at radius 1 is 1.17 bits per heavy atom. The van der Waals surface area contributed by atoms with Crippen molar-refractivity contribution in [1.29, 1.82) is 0 Å². The minimum absolute atomic E-state index is 0.717. The number of aryl methyl sites for hydroxylation is 1. The Morgan fingerprint density at radius 3 is 2.65 bits per heavy atom. The zero-order valence-electron chi connectivity index (χ0n) is 12.7. The summed E-state index contributed by atoms with van der Waals surface area (Å²) in [5, 5.41) is 7.82. The molecular formula is C17H15ClN4S. The quantitative estimate of drug-likeness (QED) is 0.536. The van der Waals surface area contributed by atoms with Gasteiger partial charge in [0.25, 0.3) is 0 Å². The van der Waals surface area contributed by atoms with Crippen LogP contribution >= 0.6 is 22.9 Å². The number of aromatic nitrogens is 2. The van der Waals surface area contributed by atoms with Gasteiger partial charge in [-0.3, -0.25) is 10.4 Å². The normalized spacial score (nSPS) is 11.5. The van der Waals surface area contributed by atoms with Crippen molar-refractivity contribution in [3.63, 3.8) is 0 Å². The molecule has 0 bridgehead atoms. The molecule has 0 saturated heterocycles. The Labute approximate surface area is 143 Å². The van der Waals surface area contributed by atoms with Crippen molar-refractivity contribution in [2.45, 2.75) is 13.8 Å². The topological polar surface area (TPSA) is 50.2 Å². The largest absolute Gasteiger partial charge is 0.261 e. The first-order valence-corrected chi connectivity index (χ1v) is 8.32. The number of hydrazone groups is 1. The zero-order valence-corrected chi connectivity index (χ0v) is 14.3. The van der Waals surface area contributed by atoms with Crippen molar-refractivity contribution >= 4 is 33.8 Å². The van der Waals surface area contributed by atoms with Crippen molar-refractivity contribution in [2.24, 2.45) is 5.10 Å². The van der Waals surface area contributed by atoms with Gasteiger partial charge in [0.15, 0.2) is 0 Å². The number of nitrogens with one attached hydrogen (secondary N) is 1. The van der Waals surface area contributed by atoms with Crippen LogP contribution in [0.25, 0.3) is 11.3 Å². The molecule has 0 amide bonds. The van der Waals surface area contributed by atoms with Crippen molar-refractivity contribution in [3.8, 4) is 11.3 Å². The summed E-state index contributed by atoms with van der Waals surface area (Å²) in [6.45, 7) is 3.90. The van der Waals surface area contributed by atoms with E-state index >= 15 is 0 Å². The molecule has 0 spiro atoms. The summed E-state index contributed by atoms with van der Waals surface area (Å²) in [5.41, 5.74) is 7.77. The van der Waals surface area contributed by atoms with Crippen LogP contribution in [0.1, 0.15) is 18.2 Å². The van der Waals surface area contributed by atoms with E-state index in [0.29, 0.717) is 5.02 Å². The fourth-order valence-electron chi connectivity index (χ4n) is 1.96. The van der Waals surface area contributed by atoms with Gasteiger partial charge in [-0.2, -0.15) is 5.10 Å². The molecule has 0 aliphatic heterocycles. The number of rotatable bonds is 4. The van der Waals surface area contributed by atoms with Crippen molar-refractivity contribution in [1.82, 2.24) is 9.97 Å². The van der Waals surface area contributed by atoms with E-state index in [2.05, 4.69) is 20.5 Å². The smallest absolute Gasteiger partial charge is 0.203 e. The predicted molar refractivity (Wildman–Crippen MR) is 97.4 cm³/mol. The SMILES string of the molecule is C/C(=N/Nc1nc(-c2ccc(Cl)cc2)cs1)c1ccc(C)nc1. The van der Waals surface area contributed by atoms with E-state index in [1.807, 2.05) is 61.8 Å². The standard InChI is InChI=1S/C17H15ClN4S/c1-11-3-4-14(9-19-11)12(2)21-22-17-20-16(10-23-17)13-5-7-15(18)8-6-13/h3-10H,1-2H3,(H,20,22)/b21-12-. The lowest BCUT2D eigenvalue weighted by Gasteiger charge is -2.01. The van der Waals surface area contributed by atoms with Gasteiger partial charge in [0, 0.05) is 33.4 Å². The first-order chi connectivity index (χ1) is 11.1. The lowest BCUT2D eigenvalue weighted by Crippen LogP contribution is -2.00. The van der Waals surface area contributed by atoms with Gasteiger partial charge < -0.3 is 0 Å². The van der Waals surface area contributed by atoms with Gasteiger partial charge in [-0.1, -0.05) is 23.7 Å². The molecule has 2 heterocycles. The third-order valence-electron chi connectivity index (χ3n) is 3.29. The molecular weight excluding hydrogens is 328 g/mol. The summed E-state index contributed by atoms with van der Waals surface area (Å²) in [5.74, 6) is 0. The van der Waals surface area contributed by atoms with Gasteiger partial charge in [0.05, 0.1) is 11.4 Å². The van der Waals surface area contributed by atoms with E-state index in [9.17, 15) is 0 Å². The number of anilines is 1. The van der Waals surface area contributed by atoms with E-state index in [1.165, 1.54) is 11.3 Å². The second-order valence-corrected chi connectivity index (χ2v) is 6.34. The first kappa shape index (κ1) is 15.6. The Balaban J connectivity index is 1.72. The van der Waals surface area contributed by atoms with Crippen LogP contribution in [0.15, 0.2) is 53.1 Å². The number of hydrogen-bond donors (Lipinski definition) is 1. The van der Waals surface area contributed by atoms with E-state index < -0.39 is 0 Å².